The molecule has 150 valence electrons. The van der Waals surface area contributed by atoms with Crippen LogP contribution in [0.15, 0.2) is 6.20 Å². The lowest BCUT2D eigenvalue weighted by Crippen LogP contribution is -2.40. The van der Waals surface area contributed by atoms with Gasteiger partial charge < -0.3 is 15.4 Å². The second-order valence-electron chi connectivity index (χ2n) is 7.96. The molecular weight excluding hydrogens is 354 g/mol. The Labute approximate surface area is 166 Å². The van der Waals surface area contributed by atoms with Crippen molar-refractivity contribution in [2.75, 3.05) is 24.3 Å². The van der Waals surface area contributed by atoms with E-state index in [0.717, 1.165) is 46.1 Å². The highest BCUT2D eigenvalue weighted by molar-refractivity contribution is 5.94. The number of carbonyl (C=O) groups is 1. The number of pyridine rings is 1. The van der Waals surface area contributed by atoms with Gasteiger partial charge in [-0.15, -0.1) is 0 Å². The molecule has 1 atom stereocenters. The summed E-state index contributed by atoms with van der Waals surface area (Å²) in [4.78, 5) is 28.4. The predicted molar refractivity (Wildman–Crippen MR) is 110 cm³/mol. The molecule has 0 bridgehead atoms. The third kappa shape index (κ3) is 3.66. The van der Waals surface area contributed by atoms with Crippen LogP contribution < -0.4 is 15.4 Å². The van der Waals surface area contributed by atoms with E-state index in [1.165, 1.54) is 0 Å². The number of fused-ring (bicyclic) bond motifs is 1. The first-order valence-electron chi connectivity index (χ1n) is 9.63. The summed E-state index contributed by atoms with van der Waals surface area (Å²) in [5, 5.41) is 0. The van der Waals surface area contributed by atoms with Crippen LogP contribution in [0.25, 0.3) is 0 Å². The highest BCUT2D eigenvalue weighted by Gasteiger charge is 2.36. The maximum Gasteiger partial charge on any atom is 0.222 e. The Balaban J connectivity index is 2.05. The summed E-state index contributed by atoms with van der Waals surface area (Å²) >= 11 is 0. The zero-order chi connectivity index (χ0) is 20.6. The molecule has 0 amide bonds. The van der Waals surface area contributed by atoms with Crippen LogP contribution in [0.1, 0.15) is 54.3 Å². The van der Waals surface area contributed by atoms with Crippen LogP contribution in [0, 0.1) is 26.7 Å². The van der Waals surface area contributed by atoms with E-state index >= 15 is 0 Å². The minimum atomic E-state index is -0.187. The Hall–Kier alpha value is -2.70. The van der Waals surface area contributed by atoms with Crippen molar-refractivity contribution in [1.29, 1.82) is 0 Å². The van der Waals surface area contributed by atoms with Crippen molar-refractivity contribution in [2.24, 2.45) is 5.92 Å². The van der Waals surface area contributed by atoms with Crippen molar-refractivity contribution >= 4 is 17.5 Å². The van der Waals surface area contributed by atoms with Crippen molar-refractivity contribution < 1.29 is 9.53 Å². The number of carbonyl (C=O) groups excluding carboxylic acids is 1. The molecule has 0 radical (unpaired) electrons. The van der Waals surface area contributed by atoms with Crippen LogP contribution in [0.3, 0.4) is 0 Å². The molecule has 1 unspecified atom stereocenters. The number of anilines is 2. The average molecular weight is 383 g/mol. The largest absolute Gasteiger partial charge is 0.496 e. The second-order valence-corrected chi connectivity index (χ2v) is 7.96. The van der Waals surface area contributed by atoms with E-state index in [1.54, 1.807) is 13.3 Å². The molecule has 0 saturated heterocycles. The molecule has 1 aliphatic heterocycles. The molecule has 0 aliphatic carbocycles. The van der Waals surface area contributed by atoms with Gasteiger partial charge in [0.1, 0.15) is 11.6 Å². The first-order chi connectivity index (χ1) is 13.2. The van der Waals surface area contributed by atoms with Gasteiger partial charge in [0.05, 0.1) is 31.8 Å². The normalized spacial score (nSPS) is 16.5. The van der Waals surface area contributed by atoms with Crippen molar-refractivity contribution in [3.8, 4) is 5.75 Å². The first-order valence-corrected chi connectivity index (χ1v) is 9.63. The van der Waals surface area contributed by atoms with Crippen LogP contribution >= 0.6 is 0 Å². The number of ketones is 1. The van der Waals surface area contributed by atoms with E-state index in [9.17, 15) is 4.79 Å². The molecule has 7 nitrogen and oxygen atoms in total. The van der Waals surface area contributed by atoms with Gasteiger partial charge in [0, 0.05) is 28.6 Å². The van der Waals surface area contributed by atoms with Crippen molar-refractivity contribution in [3.63, 3.8) is 0 Å². The molecule has 0 spiro atoms. The van der Waals surface area contributed by atoms with Gasteiger partial charge in [0.25, 0.3) is 0 Å². The molecule has 3 rings (SSSR count). The van der Waals surface area contributed by atoms with Gasteiger partial charge in [-0.05, 0) is 33.1 Å². The molecule has 0 fully saturated rings. The summed E-state index contributed by atoms with van der Waals surface area (Å²) in [6.45, 7) is 10.9. The van der Waals surface area contributed by atoms with Gasteiger partial charge in [0.2, 0.25) is 5.95 Å². The molecule has 1 aliphatic rings. The Morgan fingerprint density at radius 2 is 2.00 bits per heavy atom. The minimum absolute atomic E-state index is 0.187. The van der Waals surface area contributed by atoms with Gasteiger partial charge in [-0.25, -0.2) is 4.98 Å². The second kappa shape index (κ2) is 7.73. The highest BCUT2D eigenvalue weighted by Crippen LogP contribution is 2.38. The summed E-state index contributed by atoms with van der Waals surface area (Å²) < 4.78 is 5.52. The highest BCUT2D eigenvalue weighted by atomic mass is 16.5. The number of hydrogen-bond acceptors (Lipinski definition) is 7. The van der Waals surface area contributed by atoms with E-state index in [2.05, 4.69) is 28.8 Å². The van der Waals surface area contributed by atoms with Crippen LogP contribution in [-0.2, 0) is 11.3 Å². The number of aryl methyl sites for hydroxylation is 2. The summed E-state index contributed by atoms with van der Waals surface area (Å²) in [6, 6.07) is 0. The first kappa shape index (κ1) is 20.0. The number of Topliss-reactive ketones (excluding diaryl/α,β-unsaturated/α-hetero) is 1. The maximum absolute atomic E-state index is 13.0. The molecule has 28 heavy (non-hydrogen) atoms. The zero-order valence-electron chi connectivity index (χ0n) is 17.5. The van der Waals surface area contributed by atoms with E-state index in [4.69, 9.17) is 10.5 Å². The molecule has 3 heterocycles. The van der Waals surface area contributed by atoms with Gasteiger partial charge in [0.15, 0.2) is 5.78 Å². The smallest absolute Gasteiger partial charge is 0.222 e. The van der Waals surface area contributed by atoms with Crippen LogP contribution in [0.5, 0.6) is 5.75 Å². The van der Waals surface area contributed by atoms with Gasteiger partial charge in [-0.1, -0.05) is 13.8 Å². The average Bonchev–Trinajstić information content (AvgIpc) is 2.60. The number of nitrogen functional groups attached to an aromatic ring is 1. The number of ether oxygens (including phenoxy) is 1. The summed E-state index contributed by atoms with van der Waals surface area (Å²) in [5.41, 5.74) is 10.4. The zero-order valence-corrected chi connectivity index (χ0v) is 17.5. The fourth-order valence-electron chi connectivity index (χ4n) is 4.03. The quantitative estimate of drug-likeness (QED) is 0.848. The Bertz CT molecular complexity index is 910. The van der Waals surface area contributed by atoms with Crippen molar-refractivity contribution in [1.82, 2.24) is 15.0 Å². The fraction of sp³-hybridized carbons (Fsp3) is 0.524. The Kier molecular flexibility index (Phi) is 5.54. The number of nitrogens with zero attached hydrogens (tertiary/aromatic N) is 4. The van der Waals surface area contributed by atoms with E-state index in [0.29, 0.717) is 12.5 Å². The number of nitrogens with two attached hydrogens (primary N) is 1. The molecule has 2 aromatic heterocycles. The lowest BCUT2D eigenvalue weighted by molar-refractivity contribution is -0.120. The van der Waals surface area contributed by atoms with Crippen LogP contribution in [0.4, 0.5) is 11.8 Å². The van der Waals surface area contributed by atoms with Gasteiger partial charge >= 0.3 is 0 Å². The Morgan fingerprint density at radius 1 is 1.29 bits per heavy atom. The third-order valence-electron chi connectivity index (χ3n) is 5.31. The standard InChI is InChI=1S/C21H29N5O2/c1-11(2)7-15-17(27)10-26(20-18(15)14(5)24-21(22)25-20)9-16-13(4)19(28-6)12(3)8-23-16/h8,11,15H,7,9-10H2,1-6H3,(H2,22,24,25). The van der Waals surface area contributed by atoms with Gasteiger partial charge in [-0.2, -0.15) is 4.98 Å². The number of rotatable bonds is 5. The van der Waals surface area contributed by atoms with Crippen molar-refractivity contribution in [3.05, 3.63) is 34.3 Å². The number of aromatic nitrogens is 3. The molecule has 0 aromatic carbocycles. The van der Waals surface area contributed by atoms with E-state index in [-0.39, 0.29) is 24.2 Å². The lowest BCUT2D eigenvalue weighted by Gasteiger charge is -2.35. The monoisotopic (exact) mass is 383 g/mol. The lowest BCUT2D eigenvalue weighted by atomic mass is 9.83. The number of hydrogen-bond donors (Lipinski definition) is 1. The van der Waals surface area contributed by atoms with Crippen LogP contribution in [-0.4, -0.2) is 34.4 Å². The molecule has 7 heteroatoms. The topological polar surface area (TPSA) is 94.2 Å². The third-order valence-corrected chi connectivity index (χ3v) is 5.31. The summed E-state index contributed by atoms with van der Waals surface area (Å²) in [7, 11) is 1.66. The predicted octanol–water partition coefficient (Wildman–Crippen LogP) is 3.11. The fourth-order valence-corrected chi connectivity index (χ4v) is 4.03. The minimum Gasteiger partial charge on any atom is -0.496 e. The Morgan fingerprint density at radius 3 is 2.64 bits per heavy atom. The maximum atomic E-state index is 13.0. The molecule has 2 aromatic rings. The molecule has 2 N–H and O–H groups in total. The van der Waals surface area contributed by atoms with Crippen molar-refractivity contribution in [2.45, 2.75) is 53.5 Å². The SMILES string of the molecule is COc1c(C)cnc(CN2CC(=O)C(CC(C)C)c3c(C)nc(N)nc32)c1C. The van der Waals surface area contributed by atoms with E-state index < -0.39 is 0 Å². The molecule has 0 saturated carbocycles. The summed E-state index contributed by atoms with van der Waals surface area (Å²) in [5.74, 6) is 2.20. The van der Waals surface area contributed by atoms with Gasteiger partial charge in [-0.3, -0.25) is 9.78 Å². The molecular formula is C21H29N5O2. The number of methoxy groups -OCH3 is 1. The summed E-state index contributed by atoms with van der Waals surface area (Å²) in [6.07, 6.45) is 2.58. The van der Waals surface area contributed by atoms with E-state index in [1.807, 2.05) is 25.7 Å². The van der Waals surface area contributed by atoms with Crippen LogP contribution in [0.2, 0.25) is 0 Å².